The number of imidazole rings is 1. The van der Waals surface area contributed by atoms with Crippen molar-refractivity contribution in [2.24, 2.45) is 5.92 Å². The lowest BCUT2D eigenvalue weighted by molar-refractivity contribution is 0.138. The lowest BCUT2D eigenvalue weighted by atomic mass is 10.1. The van der Waals surface area contributed by atoms with E-state index in [1.54, 1.807) is 30.3 Å². The van der Waals surface area contributed by atoms with Crippen LogP contribution in [0, 0.1) is 5.92 Å². The van der Waals surface area contributed by atoms with Crippen LogP contribution < -0.4 is 10.6 Å². The summed E-state index contributed by atoms with van der Waals surface area (Å²) >= 11 is 0. The lowest BCUT2D eigenvalue weighted by Crippen LogP contribution is -2.23. The van der Waals surface area contributed by atoms with Crippen molar-refractivity contribution in [2.45, 2.75) is 25.4 Å². The summed E-state index contributed by atoms with van der Waals surface area (Å²) < 4.78 is 1.72. The van der Waals surface area contributed by atoms with Crippen molar-refractivity contribution in [1.29, 1.82) is 0 Å². The van der Waals surface area contributed by atoms with Gasteiger partial charge in [0.1, 0.15) is 6.33 Å². The van der Waals surface area contributed by atoms with E-state index in [0.717, 1.165) is 19.3 Å². The molecule has 0 aliphatic heterocycles. The summed E-state index contributed by atoms with van der Waals surface area (Å²) in [6.45, 7) is 0.664. The standard InChI is InChI=1S/C13H19N7O/c1-14-11-17-12(16-7-9-3-2-4-10(9)21)19-13(18-11)20-6-5-15-8-20/h5-6,8-10,21H,2-4,7H2,1H3,(H2,14,16,17,18,19). The molecule has 2 aromatic rings. The van der Waals surface area contributed by atoms with Crippen LogP contribution in [-0.4, -0.2) is 49.3 Å². The molecule has 1 saturated carbocycles. The normalized spacial score (nSPS) is 21.4. The fraction of sp³-hybridized carbons (Fsp3) is 0.538. The molecule has 112 valence electrons. The molecule has 8 nitrogen and oxygen atoms in total. The molecule has 0 radical (unpaired) electrons. The molecular weight excluding hydrogens is 270 g/mol. The number of rotatable bonds is 5. The second-order valence-corrected chi connectivity index (χ2v) is 5.14. The van der Waals surface area contributed by atoms with Gasteiger partial charge in [-0.2, -0.15) is 15.0 Å². The highest BCUT2D eigenvalue weighted by molar-refractivity contribution is 5.37. The first-order valence-corrected chi connectivity index (χ1v) is 7.10. The number of aliphatic hydroxyl groups is 1. The molecule has 1 fully saturated rings. The van der Waals surface area contributed by atoms with E-state index in [4.69, 9.17) is 0 Å². The third-order valence-corrected chi connectivity index (χ3v) is 3.72. The average molecular weight is 289 g/mol. The highest BCUT2D eigenvalue weighted by atomic mass is 16.3. The molecular formula is C13H19N7O. The lowest BCUT2D eigenvalue weighted by Gasteiger charge is -2.15. The van der Waals surface area contributed by atoms with Crippen LogP contribution in [-0.2, 0) is 0 Å². The van der Waals surface area contributed by atoms with Crippen LogP contribution in [0.2, 0.25) is 0 Å². The summed E-state index contributed by atoms with van der Waals surface area (Å²) in [6.07, 6.45) is 7.85. The first kappa shape index (κ1) is 13.7. The Kier molecular flexibility index (Phi) is 3.96. The van der Waals surface area contributed by atoms with Crippen molar-refractivity contribution in [1.82, 2.24) is 24.5 Å². The van der Waals surface area contributed by atoms with Crippen LogP contribution in [0.4, 0.5) is 11.9 Å². The van der Waals surface area contributed by atoms with Gasteiger partial charge in [-0.25, -0.2) is 4.98 Å². The Morgan fingerprint density at radius 3 is 2.81 bits per heavy atom. The summed E-state index contributed by atoms with van der Waals surface area (Å²) in [4.78, 5) is 16.9. The summed E-state index contributed by atoms with van der Waals surface area (Å²) in [5.74, 6) is 1.75. The zero-order valence-electron chi connectivity index (χ0n) is 11.9. The highest BCUT2D eigenvalue weighted by Crippen LogP contribution is 2.25. The van der Waals surface area contributed by atoms with Crippen LogP contribution in [0.5, 0.6) is 0 Å². The molecule has 3 N–H and O–H groups in total. The third-order valence-electron chi connectivity index (χ3n) is 3.72. The molecule has 0 amide bonds. The van der Waals surface area contributed by atoms with Gasteiger partial charge in [0.05, 0.1) is 6.10 Å². The van der Waals surface area contributed by atoms with E-state index in [1.165, 1.54) is 0 Å². The smallest absolute Gasteiger partial charge is 0.241 e. The number of nitrogens with zero attached hydrogens (tertiary/aromatic N) is 5. The van der Waals surface area contributed by atoms with E-state index in [1.807, 2.05) is 0 Å². The average Bonchev–Trinajstić information content (AvgIpc) is 3.16. The van der Waals surface area contributed by atoms with Crippen LogP contribution in [0.25, 0.3) is 5.95 Å². The molecule has 0 spiro atoms. The van der Waals surface area contributed by atoms with Crippen LogP contribution in [0.1, 0.15) is 19.3 Å². The SMILES string of the molecule is CNc1nc(NCC2CCCC2O)nc(-n2ccnc2)n1. The molecule has 3 rings (SSSR count). The molecule has 8 heteroatoms. The van der Waals surface area contributed by atoms with Gasteiger partial charge in [-0.3, -0.25) is 4.57 Å². The van der Waals surface area contributed by atoms with Crippen LogP contribution in [0.15, 0.2) is 18.7 Å². The second kappa shape index (κ2) is 6.04. The Balaban J connectivity index is 1.76. The summed E-state index contributed by atoms with van der Waals surface area (Å²) in [5.41, 5.74) is 0. The fourth-order valence-electron chi connectivity index (χ4n) is 2.53. The molecule has 2 heterocycles. The van der Waals surface area contributed by atoms with Crippen LogP contribution >= 0.6 is 0 Å². The van der Waals surface area contributed by atoms with E-state index in [9.17, 15) is 5.11 Å². The summed E-state index contributed by atoms with van der Waals surface area (Å²) in [7, 11) is 1.76. The number of hydrogen-bond acceptors (Lipinski definition) is 7. The van der Waals surface area contributed by atoms with Gasteiger partial charge < -0.3 is 15.7 Å². The number of nitrogens with one attached hydrogen (secondary N) is 2. The number of aromatic nitrogens is 5. The van der Waals surface area contributed by atoms with E-state index in [-0.39, 0.29) is 12.0 Å². The predicted molar refractivity (Wildman–Crippen MR) is 78.3 cm³/mol. The van der Waals surface area contributed by atoms with E-state index in [0.29, 0.717) is 24.4 Å². The van der Waals surface area contributed by atoms with Crippen molar-refractivity contribution >= 4 is 11.9 Å². The van der Waals surface area contributed by atoms with E-state index in [2.05, 4.69) is 30.6 Å². The van der Waals surface area contributed by atoms with Crippen molar-refractivity contribution in [3.63, 3.8) is 0 Å². The van der Waals surface area contributed by atoms with Gasteiger partial charge in [-0.05, 0) is 12.8 Å². The quantitative estimate of drug-likeness (QED) is 0.743. The fourth-order valence-corrected chi connectivity index (χ4v) is 2.53. The highest BCUT2D eigenvalue weighted by Gasteiger charge is 2.25. The minimum atomic E-state index is -0.226. The molecule has 2 aromatic heterocycles. The maximum atomic E-state index is 9.85. The van der Waals surface area contributed by atoms with Gasteiger partial charge in [-0.15, -0.1) is 0 Å². The molecule has 0 saturated heterocycles. The zero-order valence-corrected chi connectivity index (χ0v) is 11.9. The Hall–Kier alpha value is -2.22. The first-order valence-electron chi connectivity index (χ1n) is 7.10. The van der Waals surface area contributed by atoms with Gasteiger partial charge in [0.2, 0.25) is 17.8 Å². The molecule has 2 atom stereocenters. The zero-order chi connectivity index (χ0) is 14.7. The third kappa shape index (κ3) is 3.10. The van der Waals surface area contributed by atoms with E-state index < -0.39 is 0 Å². The predicted octanol–water partition coefficient (Wildman–Crippen LogP) is 0.672. The molecule has 1 aliphatic rings. The minimum Gasteiger partial charge on any atom is -0.393 e. The number of hydrogen-bond donors (Lipinski definition) is 3. The van der Waals surface area contributed by atoms with Crippen molar-refractivity contribution in [3.8, 4) is 5.95 Å². The van der Waals surface area contributed by atoms with Crippen molar-refractivity contribution in [2.75, 3.05) is 24.2 Å². The van der Waals surface area contributed by atoms with E-state index >= 15 is 0 Å². The monoisotopic (exact) mass is 289 g/mol. The summed E-state index contributed by atoms with van der Waals surface area (Å²) in [5, 5.41) is 16.0. The van der Waals surface area contributed by atoms with Gasteiger partial charge >= 0.3 is 0 Å². The van der Waals surface area contributed by atoms with Crippen molar-refractivity contribution in [3.05, 3.63) is 18.7 Å². The van der Waals surface area contributed by atoms with Gasteiger partial charge in [-0.1, -0.05) is 6.42 Å². The summed E-state index contributed by atoms with van der Waals surface area (Å²) in [6, 6.07) is 0. The topological polar surface area (TPSA) is 101 Å². The second-order valence-electron chi connectivity index (χ2n) is 5.14. The molecule has 0 aromatic carbocycles. The molecule has 21 heavy (non-hydrogen) atoms. The number of anilines is 2. The maximum absolute atomic E-state index is 9.85. The maximum Gasteiger partial charge on any atom is 0.241 e. The first-order chi connectivity index (χ1) is 10.3. The van der Waals surface area contributed by atoms with Crippen molar-refractivity contribution < 1.29 is 5.11 Å². The molecule has 0 bridgehead atoms. The Morgan fingerprint density at radius 1 is 1.29 bits per heavy atom. The van der Waals surface area contributed by atoms with Gasteiger partial charge in [0, 0.05) is 31.9 Å². The van der Waals surface area contributed by atoms with Gasteiger partial charge in [0.15, 0.2) is 0 Å². The van der Waals surface area contributed by atoms with Gasteiger partial charge in [0.25, 0.3) is 0 Å². The Labute approximate surface area is 122 Å². The minimum absolute atomic E-state index is 0.226. The Morgan fingerprint density at radius 2 is 2.14 bits per heavy atom. The number of aliphatic hydroxyl groups excluding tert-OH is 1. The largest absolute Gasteiger partial charge is 0.393 e. The van der Waals surface area contributed by atoms with Crippen LogP contribution in [0.3, 0.4) is 0 Å². The molecule has 2 unspecified atom stereocenters. The Bertz CT molecular complexity index is 586. The molecule has 1 aliphatic carbocycles.